The Morgan fingerprint density at radius 1 is 1.50 bits per heavy atom. The number of hydrogen-bond donors (Lipinski definition) is 1. The molecular formula is C13H20N2O2S. The van der Waals surface area contributed by atoms with E-state index < -0.39 is 0 Å². The van der Waals surface area contributed by atoms with E-state index in [0.717, 1.165) is 37.6 Å². The van der Waals surface area contributed by atoms with Crippen molar-refractivity contribution in [1.82, 2.24) is 10.2 Å². The van der Waals surface area contributed by atoms with E-state index in [1.807, 2.05) is 6.07 Å². The number of nitrogens with zero attached hydrogens (tertiary/aromatic N) is 1. The molecular weight excluding hydrogens is 248 g/mol. The lowest BCUT2D eigenvalue weighted by atomic mass is 10.1. The van der Waals surface area contributed by atoms with Crippen molar-refractivity contribution >= 4 is 17.3 Å². The van der Waals surface area contributed by atoms with Crippen LogP contribution in [-0.2, 0) is 9.53 Å². The molecule has 1 saturated heterocycles. The van der Waals surface area contributed by atoms with Crippen molar-refractivity contribution < 1.29 is 9.53 Å². The van der Waals surface area contributed by atoms with Gasteiger partial charge in [0.05, 0.1) is 7.11 Å². The molecule has 0 aromatic carbocycles. The molecule has 1 aromatic rings. The summed E-state index contributed by atoms with van der Waals surface area (Å²) in [6.07, 6.45) is 0. The van der Waals surface area contributed by atoms with Gasteiger partial charge in [-0.05, 0) is 19.1 Å². The summed E-state index contributed by atoms with van der Waals surface area (Å²) in [5.41, 5.74) is 0. The van der Waals surface area contributed by atoms with Gasteiger partial charge in [-0.15, -0.1) is 11.3 Å². The number of nitrogens with one attached hydrogen (secondary N) is 1. The highest BCUT2D eigenvalue weighted by molar-refractivity contribution is 7.12. The third kappa shape index (κ3) is 3.31. The second-order valence-corrected chi connectivity index (χ2v) is 5.89. The van der Waals surface area contributed by atoms with Gasteiger partial charge in [0.1, 0.15) is 5.92 Å². The van der Waals surface area contributed by atoms with E-state index in [1.54, 1.807) is 11.3 Å². The maximum atomic E-state index is 11.9. The summed E-state index contributed by atoms with van der Waals surface area (Å²) in [7, 11) is 1.47. The summed E-state index contributed by atoms with van der Waals surface area (Å²) < 4.78 is 4.94. The van der Waals surface area contributed by atoms with Gasteiger partial charge in [0.2, 0.25) is 0 Å². The van der Waals surface area contributed by atoms with E-state index in [1.165, 1.54) is 12.0 Å². The largest absolute Gasteiger partial charge is 0.468 e. The van der Waals surface area contributed by atoms with Gasteiger partial charge in [0.15, 0.2) is 0 Å². The van der Waals surface area contributed by atoms with Crippen LogP contribution < -0.4 is 5.32 Å². The molecule has 0 spiro atoms. The van der Waals surface area contributed by atoms with Crippen molar-refractivity contribution in [3.05, 3.63) is 21.9 Å². The molecule has 0 saturated carbocycles. The molecule has 0 aliphatic carbocycles. The molecule has 1 aliphatic rings. The molecule has 18 heavy (non-hydrogen) atoms. The summed E-state index contributed by atoms with van der Waals surface area (Å²) >= 11 is 1.68. The highest BCUT2D eigenvalue weighted by atomic mass is 32.1. The molecule has 0 radical (unpaired) electrons. The Morgan fingerprint density at radius 2 is 2.22 bits per heavy atom. The fraction of sp³-hybridized carbons (Fsp3) is 0.615. The Balaban J connectivity index is 2.07. The molecule has 1 unspecified atom stereocenters. The summed E-state index contributed by atoms with van der Waals surface area (Å²) in [6.45, 7) is 6.81. The Labute approximate surface area is 112 Å². The summed E-state index contributed by atoms with van der Waals surface area (Å²) in [6, 6.07) is 4.11. The lowest BCUT2D eigenvalue weighted by Crippen LogP contribution is -2.45. The van der Waals surface area contributed by atoms with E-state index >= 15 is 0 Å². The van der Waals surface area contributed by atoms with Crippen LogP contribution in [0.15, 0.2) is 12.1 Å². The number of carbonyl (C=O) groups is 1. The van der Waals surface area contributed by atoms with Gasteiger partial charge in [-0.3, -0.25) is 9.69 Å². The maximum absolute atomic E-state index is 11.9. The molecule has 1 aliphatic heterocycles. The fourth-order valence-electron chi connectivity index (χ4n) is 2.22. The second kappa shape index (κ2) is 6.31. The quantitative estimate of drug-likeness (QED) is 0.834. The number of piperazine rings is 1. The molecule has 1 aromatic heterocycles. The minimum atomic E-state index is -0.146. The second-order valence-electron chi connectivity index (χ2n) is 4.57. The summed E-state index contributed by atoms with van der Waals surface area (Å²) in [5.74, 6) is -0.276. The standard InChI is InChI=1S/C13H20N2O2S/c1-10-3-4-12(18-10)11(13(16)17-2)9-15-7-5-14-6-8-15/h3-4,11,14H,5-9H2,1-2H3. The highest BCUT2D eigenvalue weighted by Crippen LogP contribution is 2.26. The topological polar surface area (TPSA) is 41.6 Å². The number of esters is 1. The van der Waals surface area contributed by atoms with E-state index in [0.29, 0.717) is 0 Å². The van der Waals surface area contributed by atoms with E-state index in [-0.39, 0.29) is 11.9 Å². The average Bonchev–Trinajstić information content (AvgIpc) is 2.83. The molecule has 2 rings (SSSR count). The van der Waals surface area contributed by atoms with Gasteiger partial charge in [-0.2, -0.15) is 0 Å². The number of rotatable bonds is 4. The monoisotopic (exact) mass is 268 g/mol. The Bertz CT molecular complexity index is 399. The van der Waals surface area contributed by atoms with E-state index in [9.17, 15) is 4.79 Å². The SMILES string of the molecule is COC(=O)C(CN1CCNCC1)c1ccc(C)s1. The zero-order valence-corrected chi connectivity index (χ0v) is 11.8. The smallest absolute Gasteiger partial charge is 0.315 e. The predicted octanol–water partition coefficient (Wildman–Crippen LogP) is 1.22. The minimum Gasteiger partial charge on any atom is -0.468 e. The van der Waals surface area contributed by atoms with Crippen LogP contribution >= 0.6 is 11.3 Å². The first-order chi connectivity index (χ1) is 8.70. The summed E-state index contributed by atoms with van der Waals surface area (Å²) in [4.78, 5) is 16.6. The van der Waals surface area contributed by atoms with Crippen LogP contribution in [0.2, 0.25) is 0 Å². The van der Waals surface area contributed by atoms with Gasteiger partial charge in [0, 0.05) is 42.5 Å². The molecule has 1 fully saturated rings. The Hall–Kier alpha value is -0.910. The maximum Gasteiger partial charge on any atom is 0.315 e. The molecule has 4 nitrogen and oxygen atoms in total. The first-order valence-electron chi connectivity index (χ1n) is 6.28. The van der Waals surface area contributed by atoms with Crippen molar-refractivity contribution in [3.8, 4) is 0 Å². The molecule has 2 heterocycles. The molecule has 1 atom stereocenters. The van der Waals surface area contributed by atoms with Gasteiger partial charge in [0.25, 0.3) is 0 Å². The highest BCUT2D eigenvalue weighted by Gasteiger charge is 2.26. The van der Waals surface area contributed by atoms with Crippen LogP contribution in [0.4, 0.5) is 0 Å². The number of hydrogen-bond acceptors (Lipinski definition) is 5. The number of carbonyl (C=O) groups excluding carboxylic acids is 1. The molecule has 5 heteroatoms. The predicted molar refractivity (Wildman–Crippen MR) is 73.1 cm³/mol. The average molecular weight is 268 g/mol. The molecule has 1 N–H and O–H groups in total. The third-order valence-electron chi connectivity index (χ3n) is 3.24. The first kappa shape index (κ1) is 13.5. The van der Waals surface area contributed by atoms with Crippen LogP contribution in [0, 0.1) is 6.92 Å². The molecule has 0 bridgehead atoms. The molecule has 100 valence electrons. The van der Waals surface area contributed by atoms with Crippen molar-refractivity contribution in [3.63, 3.8) is 0 Å². The van der Waals surface area contributed by atoms with E-state index in [2.05, 4.69) is 23.2 Å². The Kier molecular flexibility index (Phi) is 4.74. The van der Waals surface area contributed by atoms with Crippen LogP contribution in [0.5, 0.6) is 0 Å². The summed E-state index contributed by atoms with van der Waals surface area (Å²) in [5, 5.41) is 3.32. The van der Waals surface area contributed by atoms with Gasteiger partial charge < -0.3 is 10.1 Å². The van der Waals surface area contributed by atoms with Crippen molar-refractivity contribution in [2.75, 3.05) is 39.8 Å². The number of methoxy groups -OCH3 is 1. The van der Waals surface area contributed by atoms with Gasteiger partial charge >= 0.3 is 5.97 Å². The van der Waals surface area contributed by atoms with Crippen LogP contribution in [0.1, 0.15) is 15.7 Å². The zero-order valence-electron chi connectivity index (χ0n) is 10.9. The van der Waals surface area contributed by atoms with E-state index in [4.69, 9.17) is 4.74 Å². The fourth-order valence-corrected chi connectivity index (χ4v) is 3.17. The molecule has 0 amide bonds. The van der Waals surface area contributed by atoms with Gasteiger partial charge in [-0.1, -0.05) is 0 Å². The Morgan fingerprint density at radius 3 is 2.78 bits per heavy atom. The number of ether oxygens (including phenoxy) is 1. The normalized spacial score (nSPS) is 18.6. The van der Waals surface area contributed by atoms with Crippen LogP contribution in [0.3, 0.4) is 0 Å². The van der Waals surface area contributed by atoms with Crippen molar-refractivity contribution in [1.29, 1.82) is 0 Å². The minimum absolute atomic E-state index is 0.129. The number of aryl methyl sites for hydroxylation is 1. The number of thiophene rings is 1. The lowest BCUT2D eigenvalue weighted by Gasteiger charge is -2.29. The first-order valence-corrected chi connectivity index (χ1v) is 7.09. The van der Waals surface area contributed by atoms with Crippen molar-refractivity contribution in [2.45, 2.75) is 12.8 Å². The lowest BCUT2D eigenvalue weighted by molar-refractivity contribution is -0.142. The zero-order chi connectivity index (χ0) is 13.0. The van der Waals surface area contributed by atoms with Crippen molar-refractivity contribution in [2.24, 2.45) is 0 Å². The third-order valence-corrected chi connectivity index (χ3v) is 4.36. The van der Waals surface area contributed by atoms with Gasteiger partial charge in [-0.25, -0.2) is 0 Å². The van der Waals surface area contributed by atoms with Crippen LogP contribution in [-0.4, -0.2) is 50.7 Å². The van der Waals surface area contributed by atoms with Crippen LogP contribution in [0.25, 0.3) is 0 Å².